The summed E-state index contributed by atoms with van der Waals surface area (Å²) >= 11 is 0. The van der Waals surface area contributed by atoms with Crippen LogP contribution in [0.15, 0.2) is 24.3 Å². The Morgan fingerprint density at radius 2 is 2.08 bits per heavy atom. The highest BCUT2D eigenvalue weighted by Gasteiger charge is 2.48. The van der Waals surface area contributed by atoms with Crippen LogP contribution in [0.3, 0.4) is 0 Å². The van der Waals surface area contributed by atoms with Crippen LogP contribution in [-0.4, -0.2) is 31.6 Å². The normalized spacial score (nSPS) is 27.8. The van der Waals surface area contributed by atoms with Gasteiger partial charge in [0.25, 0.3) is 0 Å². The van der Waals surface area contributed by atoms with Crippen LogP contribution in [-0.2, 0) is 20.9 Å². The number of nitrogens with one attached hydrogen (secondary N) is 1. The average molecular weight is 332 g/mol. The highest BCUT2D eigenvalue weighted by molar-refractivity contribution is 5.80. The van der Waals surface area contributed by atoms with Crippen molar-refractivity contribution in [2.45, 2.75) is 31.8 Å². The van der Waals surface area contributed by atoms with Crippen molar-refractivity contribution in [2.75, 3.05) is 13.7 Å². The molecule has 4 unspecified atom stereocenters. The number of carbonyl (C=O) groups excluding carboxylic acids is 2. The molecule has 2 aliphatic rings. The first-order valence-electron chi connectivity index (χ1n) is 8.40. The van der Waals surface area contributed by atoms with Gasteiger partial charge in [-0.15, -0.1) is 0 Å². The monoisotopic (exact) mass is 332 g/mol. The van der Waals surface area contributed by atoms with E-state index in [1.54, 1.807) is 6.07 Å². The Hall–Kier alpha value is -2.08. The number of benzene rings is 1. The molecule has 0 aromatic heterocycles. The topological polar surface area (TPSA) is 90.6 Å². The second kappa shape index (κ2) is 7.21. The molecule has 2 aliphatic carbocycles. The Labute approximate surface area is 141 Å². The zero-order chi connectivity index (χ0) is 17.1. The van der Waals surface area contributed by atoms with E-state index in [1.165, 1.54) is 7.11 Å². The van der Waals surface area contributed by atoms with Gasteiger partial charge in [0, 0.05) is 12.6 Å². The molecule has 0 spiro atoms. The van der Waals surface area contributed by atoms with Crippen LogP contribution in [0.25, 0.3) is 0 Å². The lowest BCUT2D eigenvalue weighted by Crippen LogP contribution is -2.45. The van der Waals surface area contributed by atoms with E-state index >= 15 is 0 Å². The molecular formula is C18H24N2O4. The van der Waals surface area contributed by atoms with Crippen LogP contribution < -0.4 is 15.8 Å². The summed E-state index contributed by atoms with van der Waals surface area (Å²) < 4.78 is 9.90. The Morgan fingerprint density at radius 1 is 1.29 bits per heavy atom. The minimum Gasteiger partial charge on any atom is -0.482 e. The summed E-state index contributed by atoms with van der Waals surface area (Å²) in [4.78, 5) is 23.6. The van der Waals surface area contributed by atoms with Crippen LogP contribution in [0.5, 0.6) is 5.75 Å². The van der Waals surface area contributed by atoms with E-state index in [2.05, 4.69) is 10.1 Å². The van der Waals surface area contributed by atoms with Gasteiger partial charge in [-0.3, -0.25) is 4.79 Å². The minimum absolute atomic E-state index is 0.00141. The van der Waals surface area contributed by atoms with E-state index < -0.39 is 5.97 Å². The SMILES string of the molecule is COC(=O)COc1cccc(CNC(=O)C2C3CCC(C3)C2N)c1. The van der Waals surface area contributed by atoms with Crippen molar-refractivity contribution in [3.05, 3.63) is 29.8 Å². The molecule has 6 heteroatoms. The van der Waals surface area contributed by atoms with Crippen LogP contribution in [0.4, 0.5) is 0 Å². The molecule has 0 saturated heterocycles. The highest BCUT2D eigenvalue weighted by Crippen LogP contribution is 2.47. The van der Waals surface area contributed by atoms with Gasteiger partial charge in [-0.1, -0.05) is 12.1 Å². The second-order valence-corrected chi connectivity index (χ2v) is 6.67. The molecule has 0 radical (unpaired) electrons. The fraction of sp³-hybridized carbons (Fsp3) is 0.556. The first-order chi connectivity index (χ1) is 11.6. The fourth-order valence-corrected chi connectivity index (χ4v) is 3.98. The van der Waals surface area contributed by atoms with Gasteiger partial charge in [-0.05, 0) is 48.8 Å². The third-order valence-corrected chi connectivity index (χ3v) is 5.23. The third kappa shape index (κ3) is 3.53. The number of nitrogens with two attached hydrogens (primary N) is 1. The molecule has 130 valence electrons. The summed E-state index contributed by atoms with van der Waals surface area (Å²) in [6.07, 6.45) is 3.37. The lowest BCUT2D eigenvalue weighted by atomic mass is 9.84. The van der Waals surface area contributed by atoms with Gasteiger partial charge in [-0.2, -0.15) is 0 Å². The predicted molar refractivity (Wildman–Crippen MR) is 88.1 cm³/mol. The highest BCUT2D eigenvalue weighted by atomic mass is 16.6. The molecule has 24 heavy (non-hydrogen) atoms. The van der Waals surface area contributed by atoms with Crippen molar-refractivity contribution in [3.63, 3.8) is 0 Å². The van der Waals surface area contributed by atoms with Crippen molar-refractivity contribution in [1.82, 2.24) is 5.32 Å². The summed E-state index contributed by atoms with van der Waals surface area (Å²) in [5.74, 6) is 1.10. The van der Waals surface area contributed by atoms with Gasteiger partial charge in [-0.25, -0.2) is 4.79 Å². The summed E-state index contributed by atoms with van der Waals surface area (Å²) in [6, 6.07) is 7.31. The van der Waals surface area contributed by atoms with Crippen LogP contribution in [0.2, 0.25) is 0 Å². The van der Waals surface area contributed by atoms with Crippen molar-refractivity contribution in [2.24, 2.45) is 23.5 Å². The van der Waals surface area contributed by atoms with E-state index in [1.807, 2.05) is 18.2 Å². The van der Waals surface area contributed by atoms with Crippen LogP contribution >= 0.6 is 0 Å². The number of hydrogen-bond acceptors (Lipinski definition) is 5. The Morgan fingerprint density at radius 3 is 2.79 bits per heavy atom. The van der Waals surface area contributed by atoms with E-state index in [9.17, 15) is 9.59 Å². The van der Waals surface area contributed by atoms with Gasteiger partial charge in [0.15, 0.2) is 6.61 Å². The summed E-state index contributed by atoms with van der Waals surface area (Å²) in [6.45, 7) is 0.293. The molecule has 4 atom stereocenters. The number of rotatable bonds is 6. The van der Waals surface area contributed by atoms with Gasteiger partial charge < -0.3 is 20.5 Å². The van der Waals surface area contributed by atoms with Gasteiger partial charge in [0.05, 0.1) is 13.0 Å². The van der Waals surface area contributed by atoms with Crippen molar-refractivity contribution in [1.29, 1.82) is 0 Å². The molecule has 1 aromatic rings. The van der Waals surface area contributed by atoms with E-state index in [0.717, 1.165) is 24.8 Å². The number of hydrogen-bond donors (Lipinski definition) is 2. The molecule has 3 N–H and O–H groups in total. The zero-order valence-electron chi connectivity index (χ0n) is 13.9. The lowest BCUT2D eigenvalue weighted by Gasteiger charge is -2.27. The summed E-state index contributed by atoms with van der Waals surface area (Å²) in [5, 5.41) is 2.99. The minimum atomic E-state index is -0.432. The number of ether oxygens (including phenoxy) is 2. The van der Waals surface area contributed by atoms with Gasteiger partial charge in [0.1, 0.15) is 5.75 Å². The van der Waals surface area contributed by atoms with Crippen LogP contribution in [0.1, 0.15) is 24.8 Å². The fourth-order valence-electron chi connectivity index (χ4n) is 3.98. The molecular weight excluding hydrogens is 308 g/mol. The Kier molecular flexibility index (Phi) is 5.04. The molecule has 0 aliphatic heterocycles. The molecule has 6 nitrogen and oxygen atoms in total. The summed E-state index contributed by atoms with van der Waals surface area (Å²) in [5.41, 5.74) is 7.13. The quantitative estimate of drug-likeness (QED) is 0.765. The average Bonchev–Trinajstić information content (AvgIpc) is 3.19. The van der Waals surface area contributed by atoms with E-state index in [-0.39, 0.29) is 24.5 Å². The zero-order valence-corrected chi connectivity index (χ0v) is 13.9. The number of methoxy groups -OCH3 is 1. The molecule has 1 amide bonds. The van der Waals surface area contributed by atoms with E-state index in [4.69, 9.17) is 10.5 Å². The number of esters is 1. The molecule has 0 heterocycles. The molecule has 2 saturated carbocycles. The largest absolute Gasteiger partial charge is 0.482 e. The molecule has 2 fully saturated rings. The molecule has 1 aromatic carbocycles. The Balaban J connectivity index is 1.53. The first kappa shape index (κ1) is 16.8. The van der Waals surface area contributed by atoms with Crippen molar-refractivity contribution in [3.8, 4) is 5.75 Å². The second-order valence-electron chi connectivity index (χ2n) is 6.67. The maximum Gasteiger partial charge on any atom is 0.343 e. The van der Waals surface area contributed by atoms with Crippen LogP contribution in [0, 0.1) is 17.8 Å². The lowest BCUT2D eigenvalue weighted by molar-refractivity contribution is -0.142. The molecule has 3 rings (SSSR count). The smallest absolute Gasteiger partial charge is 0.343 e. The maximum absolute atomic E-state index is 12.5. The summed E-state index contributed by atoms with van der Waals surface area (Å²) in [7, 11) is 1.32. The number of fused-ring (bicyclic) bond motifs is 2. The Bertz CT molecular complexity index is 617. The van der Waals surface area contributed by atoms with Gasteiger partial charge in [0.2, 0.25) is 5.91 Å². The van der Waals surface area contributed by atoms with Crippen molar-refractivity contribution >= 4 is 11.9 Å². The standard InChI is InChI=1S/C18H24N2O4/c1-23-15(21)10-24-14-4-2-3-11(7-14)9-20-18(22)16-12-5-6-13(8-12)17(16)19/h2-4,7,12-13,16-17H,5-6,8-10,19H2,1H3,(H,20,22). The van der Waals surface area contributed by atoms with Crippen molar-refractivity contribution < 1.29 is 19.1 Å². The predicted octanol–water partition coefficient (Wildman–Crippen LogP) is 1.23. The number of amides is 1. The third-order valence-electron chi connectivity index (χ3n) is 5.23. The van der Waals surface area contributed by atoms with Gasteiger partial charge >= 0.3 is 5.97 Å². The molecule has 2 bridgehead atoms. The maximum atomic E-state index is 12.5. The van der Waals surface area contributed by atoms with E-state index in [0.29, 0.717) is 24.1 Å². The first-order valence-corrected chi connectivity index (χ1v) is 8.40. The number of carbonyl (C=O) groups is 2.